The second-order valence-electron chi connectivity index (χ2n) is 3.96. The van der Waals surface area contributed by atoms with Gasteiger partial charge in [0.2, 0.25) is 5.95 Å². The lowest BCUT2D eigenvalue weighted by atomic mass is 10.3. The van der Waals surface area contributed by atoms with Crippen LogP contribution in [0.5, 0.6) is 0 Å². The van der Waals surface area contributed by atoms with Crippen molar-refractivity contribution in [3.05, 3.63) is 47.5 Å². The smallest absolute Gasteiger partial charge is 0.270 e. The summed E-state index contributed by atoms with van der Waals surface area (Å²) in [7, 11) is 0. The third kappa shape index (κ3) is 2.00. The number of rotatable bonds is 3. The number of carbonyl (C=O) groups excluding carboxylic acids is 1. The summed E-state index contributed by atoms with van der Waals surface area (Å²) < 4.78 is 0. The maximum Gasteiger partial charge on any atom is 0.270 e. The molecule has 2 N–H and O–H groups in total. The van der Waals surface area contributed by atoms with Crippen LogP contribution in [-0.2, 0) is 13.1 Å². The molecule has 0 atom stereocenters. The topological polar surface area (TPSA) is 79.8 Å². The molecule has 0 bridgehead atoms. The number of hydrogen-bond donors (Lipinski definition) is 2. The quantitative estimate of drug-likeness (QED) is 0.828. The molecule has 0 radical (unpaired) electrons. The summed E-state index contributed by atoms with van der Waals surface area (Å²) in [5.41, 5.74) is 2.33. The van der Waals surface area contributed by atoms with Gasteiger partial charge in [-0.2, -0.15) is 0 Å². The van der Waals surface area contributed by atoms with Gasteiger partial charge < -0.3 is 10.6 Å². The minimum Gasteiger partial charge on any atom is -0.350 e. The average Bonchev–Trinajstić information content (AvgIpc) is 2.79. The highest BCUT2D eigenvalue weighted by Crippen LogP contribution is 2.13. The van der Waals surface area contributed by atoms with Crippen LogP contribution in [0.15, 0.2) is 30.7 Å². The third-order valence-electron chi connectivity index (χ3n) is 2.69. The Bertz CT molecular complexity index is 584. The molecule has 2 aromatic heterocycles. The van der Waals surface area contributed by atoms with Gasteiger partial charge in [-0.15, -0.1) is 0 Å². The summed E-state index contributed by atoms with van der Waals surface area (Å²) in [6.07, 6.45) is 5.17. The van der Waals surface area contributed by atoms with E-state index >= 15 is 0 Å². The third-order valence-corrected chi connectivity index (χ3v) is 2.69. The highest BCUT2D eigenvalue weighted by atomic mass is 16.2. The molecule has 0 aliphatic carbocycles. The number of nitrogens with one attached hydrogen (secondary N) is 2. The van der Waals surface area contributed by atoms with E-state index in [4.69, 9.17) is 0 Å². The van der Waals surface area contributed by atoms with E-state index < -0.39 is 0 Å². The first-order chi connectivity index (χ1) is 8.83. The number of nitrogens with zero attached hydrogens (tertiary/aromatic N) is 3. The van der Waals surface area contributed by atoms with Crippen molar-refractivity contribution in [3.63, 3.8) is 0 Å². The van der Waals surface area contributed by atoms with Crippen LogP contribution in [0.4, 0.5) is 5.95 Å². The Kier molecular flexibility index (Phi) is 2.60. The number of fused-ring (bicyclic) bond motifs is 1. The molecule has 0 fully saturated rings. The molecule has 1 aliphatic heterocycles. The molecule has 2 aromatic rings. The van der Waals surface area contributed by atoms with Gasteiger partial charge in [-0.05, 0) is 11.6 Å². The molecule has 3 rings (SSSR count). The van der Waals surface area contributed by atoms with Gasteiger partial charge in [0.25, 0.3) is 5.91 Å². The maximum absolute atomic E-state index is 11.5. The Morgan fingerprint density at radius 1 is 1.39 bits per heavy atom. The predicted octanol–water partition coefficient (Wildman–Crippen LogP) is 0.727. The minimum absolute atomic E-state index is 0.142. The number of amides is 1. The zero-order valence-corrected chi connectivity index (χ0v) is 9.55. The fourth-order valence-corrected chi connectivity index (χ4v) is 1.76. The van der Waals surface area contributed by atoms with Crippen molar-refractivity contribution in [1.82, 2.24) is 20.3 Å². The summed E-state index contributed by atoms with van der Waals surface area (Å²) in [5, 5.41) is 5.78. The molecule has 3 heterocycles. The lowest BCUT2D eigenvalue weighted by Gasteiger charge is -2.05. The van der Waals surface area contributed by atoms with Gasteiger partial charge in [0.15, 0.2) is 0 Å². The Hall–Kier alpha value is -2.50. The van der Waals surface area contributed by atoms with Crippen LogP contribution in [0, 0.1) is 0 Å². The molecule has 0 saturated carbocycles. The largest absolute Gasteiger partial charge is 0.350 e. The van der Waals surface area contributed by atoms with E-state index in [1.807, 2.05) is 12.1 Å². The number of carbonyl (C=O) groups is 1. The van der Waals surface area contributed by atoms with Crippen LogP contribution >= 0.6 is 0 Å². The van der Waals surface area contributed by atoms with Crippen molar-refractivity contribution in [1.29, 1.82) is 0 Å². The molecule has 1 amide bonds. The first kappa shape index (κ1) is 10.6. The second-order valence-corrected chi connectivity index (χ2v) is 3.96. The van der Waals surface area contributed by atoms with Gasteiger partial charge in [-0.3, -0.25) is 9.78 Å². The van der Waals surface area contributed by atoms with E-state index in [9.17, 15) is 4.79 Å². The van der Waals surface area contributed by atoms with Crippen molar-refractivity contribution in [2.45, 2.75) is 13.1 Å². The van der Waals surface area contributed by atoms with E-state index in [1.165, 1.54) is 0 Å². The lowest BCUT2D eigenvalue weighted by molar-refractivity contribution is 0.0961. The van der Waals surface area contributed by atoms with E-state index in [-0.39, 0.29) is 5.91 Å². The molecule has 18 heavy (non-hydrogen) atoms. The Balaban J connectivity index is 1.74. The van der Waals surface area contributed by atoms with Gasteiger partial charge in [0, 0.05) is 37.2 Å². The van der Waals surface area contributed by atoms with Crippen LogP contribution in [0.3, 0.4) is 0 Å². The zero-order chi connectivity index (χ0) is 12.4. The van der Waals surface area contributed by atoms with E-state index in [2.05, 4.69) is 25.6 Å². The molecule has 0 saturated heterocycles. The van der Waals surface area contributed by atoms with Crippen LogP contribution in [-0.4, -0.2) is 20.9 Å². The monoisotopic (exact) mass is 241 g/mol. The lowest BCUT2D eigenvalue weighted by Crippen LogP contribution is -2.14. The van der Waals surface area contributed by atoms with E-state index in [0.717, 1.165) is 11.1 Å². The number of anilines is 1. The Morgan fingerprint density at radius 2 is 2.33 bits per heavy atom. The zero-order valence-electron chi connectivity index (χ0n) is 9.55. The summed E-state index contributed by atoms with van der Waals surface area (Å²) in [6, 6.07) is 3.83. The Morgan fingerprint density at radius 3 is 3.17 bits per heavy atom. The summed E-state index contributed by atoms with van der Waals surface area (Å²) in [5.74, 6) is 0.312. The fourth-order valence-electron chi connectivity index (χ4n) is 1.76. The Labute approximate surface area is 103 Å². The van der Waals surface area contributed by atoms with Crippen molar-refractivity contribution < 1.29 is 4.79 Å². The molecule has 6 nitrogen and oxygen atoms in total. The van der Waals surface area contributed by atoms with Crippen molar-refractivity contribution in [2.24, 2.45) is 0 Å². The van der Waals surface area contributed by atoms with Gasteiger partial charge in [0.1, 0.15) is 5.69 Å². The summed E-state index contributed by atoms with van der Waals surface area (Å²) in [4.78, 5) is 23.8. The number of aromatic nitrogens is 3. The average molecular weight is 241 g/mol. The highest BCUT2D eigenvalue weighted by Gasteiger charge is 2.21. The van der Waals surface area contributed by atoms with Gasteiger partial charge in [-0.1, -0.05) is 6.07 Å². The normalized spacial score (nSPS) is 13.0. The number of pyridine rings is 1. The van der Waals surface area contributed by atoms with Crippen molar-refractivity contribution in [2.75, 3.05) is 5.32 Å². The van der Waals surface area contributed by atoms with E-state index in [1.54, 1.807) is 18.6 Å². The molecule has 1 aliphatic rings. The van der Waals surface area contributed by atoms with Crippen LogP contribution in [0.1, 0.15) is 21.6 Å². The van der Waals surface area contributed by atoms with Crippen LogP contribution in [0.2, 0.25) is 0 Å². The SMILES string of the molecule is O=C1NCc2cnc(NCc3cccnc3)nc21. The molecule has 0 unspecified atom stereocenters. The van der Waals surface area contributed by atoms with Gasteiger partial charge in [0.05, 0.1) is 0 Å². The molecule has 6 heteroatoms. The first-order valence-corrected chi connectivity index (χ1v) is 5.60. The molecular formula is C12H11N5O. The predicted molar refractivity (Wildman–Crippen MR) is 64.8 cm³/mol. The summed E-state index contributed by atoms with van der Waals surface area (Å²) in [6.45, 7) is 1.09. The maximum atomic E-state index is 11.5. The van der Waals surface area contributed by atoms with Gasteiger partial charge >= 0.3 is 0 Å². The summed E-state index contributed by atoms with van der Waals surface area (Å²) >= 11 is 0. The van der Waals surface area contributed by atoms with E-state index in [0.29, 0.717) is 24.7 Å². The standard InChI is InChI=1S/C12H11N5O/c18-11-10-9(6-14-11)7-16-12(17-10)15-5-8-2-1-3-13-4-8/h1-4,7H,5-6H2,(H,14,18)(H,15,16,17). The molecular weight excluding hydrogens is 230 g/mol. The van der Waals surface area contributed by atoms with Crippen LogP contribution in [0.25, 0.3) is 0 Å². The van der Waals surface area contributed by atoms with Crippen LogP contribution < -0.4 is 10.6 Å². The molecule has 0 aromatic carbocycles. The highest BCUT2D eigenvalue weighted by molar-refractivity contribution is 5.96. The molecule has 0 spiro atoms. The molecule has 90 valence electrons. The first-order valence-electron chi connectivity index (χ1n) is 5.60. The second kappa shape index (κ2) is 4.40. The fraction of sp³-hybridized carbons (Fsp3) is 0.167. The van der Waals surface area contributed by atoms with Crippen molar-refractivity contribution in [3.8, 4) is 0 Å². The van der Waals surface area contributed by atoms with Gasteiger partial charge in [-0.25, -0.2) is 9.97 Å². The van der Waals surface area contributed by atoms with Crippen molar-refractivity contribution >= 4 is 11.9 Å². The minimum atomic E-state index is -0.142. The number of hydrogen-bond acceptors (Lipinski definition) is 5.